The van der Waals surface area contributed by atoms with Gasteiger partial charge < -0.3 is 5.73 Å². The zero-order valence-corrected chi connectivity index (χ0v) is 12.5. The molecule has 18 heavy (non-hydrogen) atoms. The van der Waals surface area contributed by atoms with Gasteiger partial charge in [-0.1, -0.05) is 28.1 Å². The first-order valence-corrected chi connectivity index (χ1v) is 6.78. The maximum Gasteiger partial charge on any atom is 0.0596 e. The van der Waals surface area contributed by atoms with Crippen LogP contribution in [0.25, 0.3) is 0 Å². The van der Waals surface area contributed by atoms with Gasteiger partial charge in [0, 0.05) is 29.7 Å². The fourth-order valence-electron chi connectivity index (χ4n) is 2.04. The fourth-order valence-corrected chi connectivity index (χ4v) is 2.43. The van der Waals surface area contributed by atoms with Gasteiger partial charge in [-0.05, 0) is 37.1 Å². The molecular weight excluding hydrogens is 290 g/mol. The normalized spacial score (nSPS) is 12.7. The first-order valence-electron chi connectivity index (χ1n) is 5.98. The summed E-state index contributed by atoms with van der Waals surface area (Å²) in [5.41, 5.74) is 10.8. The van der Waals surface area contributed by atoms with Crippen molar-refractivity contribution in [1.29, 1.82) is 0 Å². The van der Waals surface area contributed by atoms with Crippen molar-refractivity contribution in [3.05, 3.63) is 51.3 Å². The molecule has 0 aliphatic heterocycles. The van der Waals surface area contributed by atoms with E-state index in [2.05, 4.69) is 52.2 Å². The average Bonchev–Trinajstić information content (AvgIpc) is 2.61. The lowest BCUT2D eigenvalue weighted by molar-refractivity contribution is 0.639. The highest BCUT2D eigenvalue weighted by atomic mass is 79.9. The molecule has 1 aromatic heterocycles. The van der Waals surface area contributed by atoms with E-state index in [1.807, 2.05) is 18.7 Å². The van der Waals surface area contributed by atoms with E-state index in [4.69, 9.17) is 5.73 Å². The Morgan fingerprint density at radius 3 is 2.61 bits per heavy atom. The minimum atomic E-state index is -0.00306. The monoisotopic (exact) mass is 307 g/mol. The van der Waals surface area contributed by atoms with E-state index in [0.717, 1.165) is 27.8 Å². The molecule has 0 fully saturated rings. The van der Waals surface area contributed by atoms with E-state index in [9.17, 15) is 0 Å². The van der Waals surface area contributed by atoms with Crippen molar-refractivity contribution in [2.24, 2.45) is 12.8 Å². The minimum absolute atomic E-state index is 0.00306. The molecule has 3 nitrogen and oxygen atoms in total. The van der Waals surface area contributed by atoms with Crippen LogP contribution in [0.4, 0.5) is 0 Å². The summed E-state index contributed by atoms with van der Waals surface area (Å²) in [6.07, 6.45) is 0.798. The maximum atomic E-state index is 6.26. The molecule has 0 aliphatic rings. The van der Waals surface area contributed by atoms with Gasteiger partial charge in [-0.2, -0.15) is 5.10 Å². The summed E-state index contributed by atoms with van der Waals surface area (Å²) in [6, 6.07) is 8.37. The molecule has 0 bridgehead atoms. The third kappa shape index (κ3) is 2.82. The highest BCUT2D eigenvalue weighted by Gasteiger charge is 2.11. The Morgan fingerprint density at radius 1 is 1.33 bits per heavy atom. The Kier molecular flexibility index (Phi) is 3.88. The molecule has 0 aliphatic carbocycles. The van der Waals surface area contributed by atoms with Crippen molar-refractivity contribution in [2.45, 2.75) is 26.3 Å². The molecule has 2 N–H and O–H groups in total. The van der Waals surface area contributed by atoms with Gasteiger partial charge in [0.1, 0.15) is 0 Å². The number of aryl methyl sites for hydroxylation is 3. The highest BCUT2D eigenvalue weighted by molar-refractivity contribution is 9.10. The lowest BCUT2D eigenvalue weighted by atomic mass is 10.0. The number of nitrogens with two attached hydrogens (primary N) is 1. The third-order valence-electron chi connectivity index (χ3n) is 3.15. The van der Waals surface area contributed by atoms with Gasteiger partial charge in [0.2, 0.25) is 0 Å². The Hall–Kier alpha value is -1.13. The van der Waals surface area contributed by atoms with E-state index in [1.54, 1.807) is 0 Å². The van der Waals surface area contributed by atoms with Gasteiger partial charge in [-0.25, -0.2) is 0 Å². The molecule has 1 aromatic carbocycles. The van der Waals surface area contributed by atoms with E-state index in [-0.39, 0.29) is 6.04 Å². The van der Waals surface area contributed by atoms with Crippen LogP contribution in [0.3, 0.4) is 0 Å². The molecule has 1 heterocycles. The van der Waals surface area contributed by atoms with Gasteiger partial charge >= 0.3 is 0 Å². The number of halogens is 1. The SMILES string of the molecule is Cc1cc(CC(N)c2ccc(C)c(Br)c2)n(C)n1. The van der Waals surface area contributed by atoms with Gasteiger partial charge in [0.15, 0.2) is 0 Å². The summed E-state index contributed by atoms with van der Waals surface area (Å²) in [5.74, 6) is 0. The zero-order chi connectivity index (χ0) is 13.3. The average molecular weight is 308 g/mol. The summed E-state index contributed by atoms with van der Waals surface area (Å²) >= 11 is 3.55. The second-order valence-electron chi connectivity index (χ2n) is 4.72. The first-order chi connectivity index (χ1) is 8.47. The summed E-state index contributed by atoms with van der Waals surface area (Å²) in [6.45, 7) is 4.07. The predicted octanol–water partition coefficient (Wildman–Crippen LogP) is 3.04. The van der Waals surface area contributed by atoms with Crippen molar-refractivity contribution >= 4 is 15.9 Å². The van der Waals surface area contributed by atoms with Crippen LogP contribution in [-0.2, 0) is 13.5 Å². The third-order valence-corrected chi connectivity index (χ3v) is 4.01. The smallest absolute Gasteiger partial charge is 0.0596 e. The minimum Gasteiger partial charge on any atom is -0.324 e. The number of rotatable bonds is 3. The van der Waals surface area contributed by atoms with Crippen LogP contribution >= 0.6 is 15.9 Å². The molecule has 4 heteroatoms. The van der Waals surface area contributed by atoms with E-state index in [0.29, 0.717) is 0 Å². The van der Waals surface area contributed by atoms with Gasteiger partial charge in [-0.15, -0.1) is 0 Å². The number of aromatic nitrogens is 2. The summed E-state index contributed by atoms with van der Waals surface area (Å²) < 4.78 is 3.01. The van der Waals surface area contributed by atoms with Crippen LogP contribution in [0, 0.1) is 13.8 Å². The van der Waals surface area contributed by atoms with Crippen molar-refractivity contribution in [2.75, 3.05) is 0 Å². The zero-order valence-electron chi connectivity index (χ0n) is 10.9. The number of nitrogens with zero attached hydrogens (tertiary/aromatic N) is 2. The molecule has 96 valence electrons. The van der Waals surface area contributed by atoms with Gasteiger partial charge in [0.25, 0.3) is 0 Å². The van der Waals surface area contributed by atoms with E-state index < -0.39 is 0 Å². The molecule has 0 saturated carbocycles. The first kappa shape index (κ1) is 13.3. The van der Waals surface area contributed by atoms with Crippen molar-refractivity contribution < 1.29 is 0 Å². The molecule has 1 unspecified atom stereocenters. The van der Waals surface area contributed by atoms with Crippen LogP contribution in [0.2, 0.25) is 0 Å². The molecule has 0 saturated heterocycles. The predicted molar refractivity (Wildman–Crippen MR) is 77.5 cm³/mol. The highest BCUT2D eigenvalue weighted by Crippen LogP contribution is 2.23. The van der Waals surface area contributed by atoms with Gasteiger partial charge in [0.05, 0.1) is 5.69 Å². The molecule has 2 rings (SSSR count). The molecule has 0 amide bonds. The van der Waals surface area contributed by atoms with Crippen LogP contribution in [-0.4, -0.2) is 9.78 Å². The van der Waals surface area contributed by atoms with Crippen molar-refractivity contribution in [3.8, 4) is 0 Å². The van der Waals surface area contributed by atoms with E-state index in [1.165, 1.54) is 5.56 Å². The molecule has 0 spiro atoms. The second-order valence-corrected chi connectivity index (χ2v) is 5.57. The Bertz CT molecular complexity index is 560. The lowest BCUT2D eigenvalue weighted by Gasteiger charge is -2.13. The summed E-state index contributed by atoms with van der Waals surface area (Å²) in [7, 11) is 1.96. The summed E-state index contributed by atoms with van der Waals surface area (Å²) in [5, 5.41) is 4.34. The maximum absolute atomic E-state index is 6.26. The number of hydrogen-bond donors (Lipinski definition) is 1. The molecular formula is C14H18BrN3. The Morgan fingerprint density at radius 2 is 2.06 bits per heavy atom. The molecule has 0 radical (unpaired) electrons. The quantitative estimate of drug-likeness (QED) is 0.947. The topological polar surface area (TPSA) is 43.8 Å². The standard InChI is InChI=1S/C14H18BrN3/c1-9-4-5-11(7-13(9)15)14(16)8-12-6-10(2)17-18(12)3/h4-7,14H,8,16H2,1-3H3. The van der Waals surface area contributed by atoms with Crippen LogP contribution in [0.1, 0.15) is 28.6 Å². The largest absolute Gasteiger partial charge is 0.324 e. The van der Waals surface area contributed by atoms with Crippen molar-refractivity contribution in [1.82, 2.24) is 9.78 Å². The number of hydrogen-bond acceptors (Lipinski definition) is 2. The molecule has 2 aromatic rings. The van der Waals surface area contributed by atoms with Crippen molar-refractivity contribution in [3.63, 3.8) is 0 Å². The molecule has 1 atom stereocenters. The lowest BCUT2D eigenvalue weighted by Crippen LogP contribution is -2.15. The Balaban J connectivity index is 2.19. The van der Waals surface area contributed by atoms with Gasteiger partial charge in [-0.3, -0.25) is 4.68 Å². The van der Waals surface area contributed by atoms with Crippen LogP contribution < -0.4 is 5.73 Å². The number of benzene rings is 1. The van der Waals surface area contributed by atoms with Crippen LogP contribution in [0.5, 0.6) is 0 Å². The summed E-state index contributed by atoms with van der Waals surface area (Å²) in [4.78, 5) is 0. The second kappa shape index (κ2) is 5.24. The Labute approximate surface area is 116 Å². The van der Waals surface area contributed by atoms with E-state index >= 15 is 0 Å². The van der Waals surface area contributed by atoms with Crippen LogP contribution in [0.15, 0.2) is 28.7 Å². The fraction of sp³-hybridized carbons (Fsp3) is 0.357.